The quantitative estimate of drug-likeness (QED) is 0.196. The van der Waals surface area contributed by atoms with Gasteiger partial charge in [-0.15, -0.1) is 0 Å². The van der Waals surface area contributed by atoms with Crippen LogP contribution in [0.1, 0.15) is 25.0 Å². The molecular formula is C44H32N2O. The van der Waals surface area contributed by atoms with Crippen LogP contribution in [-0.4, -0.2) is 4.98 Å². The fourth-order valence-corrected chi connectivity index (χ4v) is 7.29. The highest BCUT2D eigenvalue weighted by atomic mass is 16.3. The second-order valence-corrected chi connectivity index (χ2v) is 12.9. The van der Waals surface area contributed by atoms with Crippen molar-refractivity contribution in [2.75, 3.05) is 4.90 Å². The standard InChI is InChI=1S/C44H32N2O/c1-44(2)39-19-10-9-18-36(39)38-28-35(23-24-40(38)44)46(33-17-11-16-32(26-33)29-12-5-3-6-13-29)34-22-20-30-21-25-41-42(37(30)27-34)47-43(45-41)31-14-7-4-8-15-31/h3-28H,1-2H3. The minimum absolute atomic E-state index is 0.0557. The molecule has 0 radical (unpaired) electrons. The molecule has 1 aliphatic rings. The van der Waals surface area contributed by atoms with Gasteiger partial charge in [-0.1, -0.05) is 117 Å². The molecule has 0 N–H and O–H groups in total. The Hall–Kier alpha value is -5.93. The van der Waals surface area contributed by atoms with E-state index in [9.17, 15) is 0 Å². The Morgan fingerprint density at radius 3 is 1.98 bits per heavy atom. The van der Waals surface area contributed by atoms with E-state index in [2.05, 4.69) is 140 Å². The molecule has 0 spiro atoms. The molecule has 0 unspecified atom stereocenters. The molecule has 3 nitrogen and oxygen atoms in total. The number of fused-ring (bicyclic) bond motifs is 6. The minimum Gasteiger partial charge on any atom is -0.435 e. The second-order valence-electron chi connectivity index (χ2n) is 12.9. The zero-order chi connectivity index (χ0) is 31.5. The maximum absolute atomic E-state index is 6.48. The summed E-state index contributed by atoms with van der Waals surface area (Å²) in [6, 6.07) is 56.1. The highest BCUT2D eigenvalue weighted by Crippen LogP contribution is 2.51. The Morgan fingerprint density at radius 1 is 0.511 bits per heavy atom. The molecule has 47 heavy (non-hydrogen) atoms. The van der Waals surface area contributed by atoms with Crippen molar-refractivity contribution in [2.45, 2.75) is 19.3 Å². The van der Waals surface area contributed by atoms with Crippen LogP contribution in [0, 0.1) is 0 Å². The van der Waals surface area contributed by atoms with E-state index in [4.69, 9.17) is 9.40 Å². The summed E-state index contributed by atoms with van der Waals surface area (Å²) in [6.07, 6.45) is 0. The van der Waals surface area contributed by atoms with E-state index >= 15 is 0 Å². The molecular weight excluding hydrogens is 572 g/mol. The first-order valence-electron chi connectivity index (χ1n) is 16.1. The lowest BCUT2D eigenvalue weighted by molar-refractivity contribution is 0.623. The van der Waals surface area contributed by atoms with Gasteiger partial charge in [0.1, 0.15) is 5.52 Å². The van der Waals surface area contributed by atoms with E-state index in [0.29, 0.717) is 5.89 Å². The summed E-state index contributed by atoms with van der Waals surface area (Å²) < 4.78 is 6.48. The summed E-state index contributed by atoms with van der Waals surface area (Å²) in [5.41, 5.74) is 13.5. The van der Waals surface area contributed by atoms with Crippen LogP contribution in [0.4, 0.5) is 17.1 Å². The number of rotatable bonds is 5. The number of hydrogen-bond acceptors (Lipinski definition) is 3. The molecule has 0 saturated heterocycles. The SMILES string of the molecule is CC1(C)c2ccccc2-c2cc(N(c3cccc(-c4ccccc4)c3)c3ccc4ccc5nc(-c6ccccc6)oc5c4c3)ccc21. The normalized spacial score (nSPS) is 13.1. The van der Waals surface area contributed by atoms with Gasteiger partial charge in [0.05, 0.1) is 0 Å². The van der Waals surface area contributed by atoms with E-state index in [1.807, 2.05) is 36.4 Å². The molecule has 224 valence electrons. The molecule has 1 aromatic heterocycles. The molecule has 0 bridgehead atoms. The lowest BCUT2D eigenvalue weighted by Crippen LogP contribution is -2.15. The van der Waals surface area contributed by atoms with Crippen molar-refractivity contribution in [3.8, 4) is 33.7 Å². The van der Waals surface area contributed by atoms with E-state index < -0.39 is 0 Å². The lowest BCUT2D eigenvalue weighted by Gasteiger charge is -2.28. The monoisotopic (exact) mass is 604 g/mol. The van der Waals surface area contributed by atoms with Crippen LogP contribution in [-0.2, 0) is 5.41 Å². The van der Waals surface area contributed by atoms with Gasteiger partial charge in [0.2, 0.25) is 5.89 Å². The maximum Gasteiger partial charge on any atom is 0.227 e. The molecule has 0 atom stereocenters. The predicted molar refractivity (Wildman–Crippen MR) is 195 cm³/mol. The summed E-state index contributed by atoms with van der Waals surface area (Å²) in [4.78, 5) is 7.23. The Balaban J connectivity index is 1.26. The summed E-state index contributed by atoms with van der Waals surface area (Å²) in [5.74, 6) is 0.630. The molecule has 9 rings (SSSR count). The number of benzene rings is 7. The first kappa shape index (κ1) is 27.4. The molecule has 0 aliphatic heterocycles. The molecule has 0 saturated carbocycles. The molecule has 1 heterocycles. The van der Waals surface area contributed by atoms with Crippen LogP contribution >= 0.6 is 0 Å². The van der Waals surface area contributed by atoms with Crippen molar-refractivity contribution >= 4 is 38.9 Å². The predicted octanol–water partition coefficient (Wildman–Crippen LogP) is 12.1. The smallest absolute Gasteiger partial charge is 0.227 e. The molecule has 0 fully saturated rings. The van der Waals surface area contributed by atoms with Crippen molar-refractivity contribution in [3.05, 3.63) is 169 Å². The maximum atomic E-state index is 6.48. The third-order valence-corrected chi connectivity index (χ3v) is 9.67. The number of anilines is 3. The summed E-state index contributed by atoms with van der Waals surface area (Å²) in [5, 5.41) is 2.14. The zero-order valence-corrected chi connectivity index (χ0v) is 26.3. The summed E-state index contributed by atoms with van der Waals surface area (Å²) in [7, 11) is 0. The molecule has 7 aromatic carbocycles. The van der Waals surface area contributed by atoms with Crippen LogP contribution in [0.2, 0.25) is 0 Å². The zero-order valence-electron chi connectivity index (χ0n) is 26.3. The van der Waals surface area contributed by atoms with Crippen LogP contribution in [0.5, 0.6) is 0 Å². The number of nitrogens with zero attached hydrogens (tertiary/aromatic N) is 2. The largest absolute Gasteiger partial charge is 0.435 e. The fraction of sp³-hybridized carbons (Fsp3) is 0.0682. The highest BCUT2D eigenvalue weighted by Gasteiger charge is 2.35. The van der Waals surface area contributed by atoms with Crippen molar-refractivity contribution < 1.29 is 4.42 Å². The number of hydrogen-bond donors (Lipinski definition) is 0. The van der Waals surface area contributed by atoms with Crippen molar-refractivity contribution in [1.82, 2.24) is 4.98 Å². The third kappa shape index (κ3) is 4.46. The number of aromatic nitrogens is 1. The first-order valence-corrected chi connectivity index (χ1v) is 16.1. The molecule has 1 aliphatic carbocycles. The van der Waals surface area contributed by atoms with Gasteiger partial charge in [-0.3, -0.25) is 0 Å². The number of oxazole rings is 1. The van der Waals surface area contributed by atoms with E-state index in [1.54, 1.807) is 0 Å². The Labute approximate surface area is 274 Å². The second kappa shape index (κ2) is 10.6. The molecule has 8 aromatic rings. The Bertz CT molecular complexity index is 2440. The molecule has 3 heteroatoms. The average molecular weight is 605 g/mol. The van der Waals surface area contributed by atoms with Crippen LogP contribution in [0.25, 0.3) is 55.6 Å². The van der Waals surface area contributed by atoms with Crippen LogP contribution in [0.3, 0.4) is 0 Å². The van der Waals surface area contributed by atoms with Crippen LogP contribution in [0.15, 0.2) is 162 Å². The van der Waals surface area contributed by atoms with Gasteiger partial charge in [-0.05, 0) is 93.4 Å². The van der Waals surface area contributed by atoms with Gasteiger partial charge in [-0.25, -0.2) is 4.98 Å². The van der Waals surface area contributed by atoms with E-state index in [1.165, 1.54) is 33.4 Å². The topological polar surface area (TPSA) is 29.3 Å². The van der Waals surface area contributed by atoms with Gasteiger partial charge in [-0.2, -0.15) is 0 Å². The summed E-state index contributed by atoms with van der Waals surface area (Å²) >= 11 is 0. The van der Waals surface area contributed by atoms with Gasteiger partial charge in [0, 0.05) is 33.4 Å². The Kier molecular flexibility index (Phi) is 6.16. The lowest BCUT2D eigenvalue weighted by atomic mass is 9.82. The van der Waals surface area contributed by atoms with Gasteiger partial charge >= 0.3 is 0 Å². The summed E-state index contributed by atoms with van der Waals surface area (Å²) in [6.45, 7) is 4.66. The fourth-order valence-electron chi connectivity index (χ4n) is 7.29. The van der Waals surface area contributed by atoms with Crippen molar-refractivity contribution in [2.24, 2.45) is 0 Å². The van der Waals surface area contributed by atoms with E-state index in [0.717, 1.165) is 44.5 Å². The van der Waals surface area contributed by atoms with Crippen LogP contribution < -0.4 is 4.90 Å². The molecule has 0 amide bonds. The minimum atomic E-state index is -0.0557. The first-order chi connectivity index (χ1) is 23.0. The van der Waals surface area contributed by atoms with Gasteiger partial charge < -0.3 is 9.32 Å². The van der Waals surface area contributed by atoms with Crippen molar-refractivity contribution in [3.63, 3.8) is 0 Å². The third-order valence-electron chi connectivity index (χ3n) is 9.67. The Morgan fingerprint density at radius 2 is 1.15 bits per heavy atom. The van der Waals surface area contributed by atoms with Gasteiger partial charge in [0.25, 0.3) is 0 Å². The van der Waals surface area contributed by atoms with Crippen molar-refractivity contribution in [1.29, 1.82) is 0 Å². The van der Waals surface area contributed by atoms with Gasteiger partial charge in [0.15, 0.2) is 5.58 Å². The van der Waals surface area contributed by atoms with E-state index in [-0.39, 0.29) is 5.41 Å². The highest BCUT2D eigenvalue weighted by molar-refractivity contribution is 6.05. The average Bonchev–Trinajstić information content (AvgIpc) is 3.67.